The van der Waals surface area contributed by atoms with Gasteiger partial charge in [-0.3, -0.25) is 9.78 Å². The molecule has 4 heterocycles. The van der Waals surface area contributed by atoms with Crippen LogP contribution in [0.5, 0.6) is 0 Å². The normalized spacial score (nSPS) is 11.7. The van der Waals surface area contributed by atoms with Crippen LogP contribution in [-0.4, -0.2) is 28.0 Å². The molecule has 4 rings (SSSR count). The van der Waals surface area contributed by atoms with Gasteiger partial charge in [0.1, 0.15) is 15.4 Å². The van der Waals surface area contributed by atoms with Crippen molar-refractivity contribution in [2.24, 2.45) is 0 Å². The Morgan fingerprint density at radius 3 is 2.12 bits per heavy atom. The van der Waals surface area contributed by atoms with Crippen molar-refractivity contribution in [3.05, 3.63) is 61.6 Å². The molecule has 0 bridgehead atoms. The minimum absolute atomic E-state index is 0.0189. The van der Waals surface area contributed by atoms with E-state index >= 15 is 0 Å². The molecule has 0 atom stereocenters. The molecule has 0 spiro atoms. The third kappa shape index (κ3) is 5.71. The van der Waals surface area contributed by atoms with Crippen molar-refractivity contribution < 1.29 is 9.53 Å². The summed E-state index contributed by atoms with van der Waals surface area (Å²) in [5.41, 5.74) is 7.81. The number of hydrogen-bond donors (Lipinski definition) is 2. The summed E-state index contributed by atoms with van der Waals surface area (Å²) in [5, 5.41) is 0. The highest BCUT2D eigenvalue weighted by Gasteiger charge is 2.22. The number of aromatic nitrogens is 3. The van der Waals surface area contributed by atoms with Gasteiger partial charge in [-0.1, -0.05) is 41.5 Å². The van der Waals surface area contributed by atoms with E-state index in [1.165, 1.54) is 29.8 Å². The molecule has 180 valence electrons. The Kier molecular flexibility index (Phi) is 7.28. The summed E-state index contributed by atoms with van der Waals surface area (Å²) < 4.78 is 5.32. The van der Waals surface area contributed by atoms with E-state index in [-0.39, 0.29) is 22.4 Å². The van der Waals surface area contributed by atoms with Crippen molar-refractivity contribution in [3.63, 3.8) is 0 Å². The highest BCUT2D eigenvalue weighted by molar-refractivity contribution is 7.19. The summed E-state index contributed by atoms with van der Waals surface area (Å²) in [4.78, 5) is 37.6. The van der Waals surface area contributed by atoms with E-state index < -0.39 is 0 Å². The molecule has 0 unspecified atom stereocenters. The second-order valence-corrected chi connectivity index (χ2v) is 12.0. The maximum absolute atomic E-state index is 12.2. The van der Waals surface area contributed by atoms with Gasteiger partial charge in [0, 0.05) is 27.7 Å². The number of nitrogens with zero attached hydrogens (tertiary/aromatic N) is 2. The van der Waals surface area contributed by atoms with Crippen LogP contribution >= 0.6 is 22.7 Å². The number of methoxy groups -OCH3 is 1. The van der Waals surface area contributed by atoms with Crippen molar-refractivity contribution in [2.45, 2.75) is 52.4 Å². The summed E-state index contributed by atoms with van der Waals surface area (Å²) >= 11 is 2.92. The fraction of sp³-hybridized carbons (Fsp3) is 0.360. The molecular weight excluding hydrogens is 468 g/mol. The first-order valence-electron chi connectivity index (χ1n) is 10.7. The number of nitrogen functional groups attached to an aromatic ring is 1. The predicted molar refractivity (Wildman–Crippen MR) is 141 cm³/mol. The Labute approximate surface area is 207 Å². The molecule has 4 aromatic heterocycles. The zero-order chi connectivity index (χ0) is 25.3. The number of carbonyl (C=O) groups is 1. The number of ether oxygens (including phenoxy) is 1. The molecule has 9 heteroatoms. The van der Waals surface area contributed by atoms with Crippen LogP contribution in [0.2, 0.25) is 0 Å². The smallest absolute Gasteiger partial charge is 0.350 e. The first-order valence-corrected chi connectivity index (χ1v) is 12.4. The average molecular weight is 499 g/mol. The SMILES string of the molecule is CC(C)(C)c1cc2nc(-c3ccncc3)[nH]c(=O)c2s1.COC(=O)c1sc(C(C)(C)C)cc1N. The average Bonchev–Trinajstić information content (AvgIpc) is 3.38. The van der Waals surface area contributed by atoms with Crippen LogP contribution < -0.4 is 11.3 Å². The zero-order valence-corrected chi connectivity index (χ0v) is 22.1. The van der Waals surface area contributed by atoms with Crippen molar-refractivity contribution in [1.82, 2.24) is 15.0 Å². The van der Waals surface area contributed by atoms with Gasteiger partial charge < -0.3 is 15.5 Å². The monoisotopic (exact) mass is 498 g/mol. The molecule has 0 saturated heterocycles. The molecule has 3 N–H and O–H groups in total. The van der Waals surface area contributed by atoms with E-state index in [4.69, 9.17) is 5.73 Å². The number of hydrogen-bond acceptors (Lipinski definition) is 8. The molecule has 7 nitrogen and oxygen atoms in total. The molecule has 0 fully saturated rings. The number of aromatic amines is 1. The predicted octanol–water partition coefficient (Wildman–Crippen LogP) is 5.76. The Morgan fingerprint density at radius 1 is 1.00 bits per heavy atom. The van der Waals surface area contributed by atoms with Crippen molar-refractivity contribution in [1.29, 1.82) is 0 Å². The highest BCUT2D eigenvalue weighted by Crippen LogP contribution is 2.34. The van der Waals surface area contributed by atoms with E-state index in [0.29, 0.717) is 21.1 Å². The first kappa shape index (κ1) is 25.6. The summed E-state index contributed by atoms with van der Waals surface area (Å²) in [7, 11) is 1.36. The van der Waals surface area contributed by atoms with E-state index in [2.05, 4.69) is 61.2 Å². The molecule has 0 aromatic carbocycles. The molecule has 0 aliphatic rings. The lowest BCUT2D eigenvalue weighted by Crippen LogP contribution is -2.08. The third-order valence-corrected chi connectivity index (χ3v) is 8.05. The molecule has 0 amide bonds. The van der Waals surface area contributed by atoms with Gasteiger partial charge in [-0.05, 0) is 35.1 Å². The van der Waals surface area contributed by atoms with E-state index in [0.717, 1.165) is 20.8 Å². The molecule has 4 aromatic rings. The number of nitrogens with one attached hydrogen (secondary N) is 1. The van der Waals surface area contributed by atoms with Gasteiger partial charge in [0.05, 0.1) is 18.3 Å². The minimum atomic E-state index is -0.358. The maximum atomic E-state index is 12.2. The molecular formula is C25H30N4O3S2. The van der Waals surface area contributed by atoms with E-state index in [1.54, 1.807) is 12.4 Å². The van der Waals surface area contributed by atoms with Gasteiger partial charge in [-0.15, -0.1) is 22.7 Å². The lowest BCUT2D eigenvalue weighted by atomic mass is 9.95. The van der Waals surface area contributed by atoms with Crippen LogP contribution in [0, 0.1) is 0 Å². The number of esters is 1. The second-order valence-electron chi connectivity index (χ2n) is 9.86. The van der Waals surface area contributed by atoms with Gasteiger partial charge in [0.25, 0.3) is 5.56 Å². The lowest BCUT2D eigenvalue weighted by Gasteiger charge is -2.14. The van der Waals surface area contributed by atoms with Gasteiger partial charge >= 0.3 is 5.97 Å². The summed E-state index contributed by atoms with van der Waals surface area (Å²) in [5.74, 6) is 0.228. The van der Waals surface area contributed by atoms with Crippen LogP contribution in [0.15, 0.2) is 41.5 Å². The fourth-order valence-corrected chi connectivity index (χ4v) is 5.09. The Balaban J connectivity index is 0.000000204. The molecule has 0 aliphatic heterocycles. The largest absolute Gasteiger partial charge is 0.465 e. The number of fused-ring (bicyclic) bond motifs is 1. The van der Waals surface area contributed by atoms with Crippen LogP contribution in [-0.2, 0) is 15.6 Å². The molecule has 34 heavy (non-hydrogen) atoms. The number of anilines is 1. The number of thiophene rings is 2. The Bertz CT molecular complexity index is 1360. The van der Waals surface area contributed by atoms with E-state index in [9.17, 15) is 9.59 Å². The standard InChI is InChI=1S/C15H15N3OS.C10H15NO2S/c1-15(2,3)11-8-10-12(20-11)14(19)18-13(17-10)9-4-6-16-7-5-9;1-10(2,3)7-5-6(11)8(14-7)9(12)13-4/h4-8H,1-3H3,(H,17,18,19);5H,11H2,1-4H3. The zero-order valence-electron chi connectivity index (χ0n) is 20.5. The van der Waals surface area contributed by atoms with Gasteiger partial charge in [-0.25, -0.2) is 9.78 Å². The van der Waals surface area contributed by atoms with Crippen molar-refractivity contribution in [3.8, 4) is 11.4 Å². The first-order chi connectivity index (χ1) is 15.8. The summed E-state index contributed by atoms with van der Waals surface area (Å²) in [6.45, 7) is 12.7. The van der Waals surface area contributed by atoms with Gasteiger partial charge in [0.15, 0.2) is 0 Å². The van der Waals surface area contributed by atoms with Crippen molar-refractivity contribution in [2.75, 3.05) is 12.8 Å². The molecule has 0 radical (unpaired) electrons. The topological polar surface area (TPSA) is 111 Å². The highest BCUT2D eigenvalue weighted by atomic mass is 32.1. The fourth-order valence-electron chi connectivity index (χ4n) is 2.98. The van der Waals surface area contributed by atoms with Gasteiger partial charge in [-0.2, -0.15) is 0 Å². The maximum Gasteiger partial charge on any atom is 0.350 e. The second kappa shape index (κ2) is 9.68. The van der Waals surface area contributed by atoms with E-state index in [1.807, 2.05) is 24.3 Å². The third-order valence-electron chi connectivity index (χ3n) is 4.95. The lowest BCUT2D eigenvalue weighted by molar-refractivity contribution is 0.0607. The van der Waals surface area contributed by atoms with Crippen LogP contribution in [0.25, 0.3) is 21.6 Å². The number of H-pyrrole nitrogens is 1. The number of rotatable bonds is 2. The van der Waals surface area contributed by atoms with Crippen LogP contribution in [0.4, 0.5) is 5.69 Å². The summed E-state index contributed by atoms with van der Waals surface area (Å²) in [6.07, 6.45) is 3.38. The van der Waals surface area contributed by atoms with Crippen molar-refractivity contribution >= 4 is 44.5 Å². The number of pyridine rings is 1. The van der Waals surface area contributed by atoms with Crippen LogP contribution in [0.1, 0.15) is 61.0 Å². The Hall–Kier alpha value is -3.04. The number of nitrogens with two attached hydrogens (primary N) is 1. The van der Waals surface area contributed by atoms with Gasteiger partial charge in [0.2, 0.25) is 0 Å². The Morgan fingerprint density at radius 2 is 1.59 bits per heavy atom. The quantitative estimate of drug-likeness (QED) is 0.340. The van der Waals surface area contributed by atoms with Crippen LogP contribution in [0.3, 0.4) is 0 Å². The number of carbonyl (C=O) groups excluding carboxylic acids is 1. The minimum Gasteiger partial charge on any atom is -0.465 e. The molecule has 0 aliphatic carbocycles. The molecule has 0 saturated carbocycles. The summed E-state index contributed by atoms with van der Waals surface area (Å²) in [6, 6.07) is 7.53.